The maximum atomic E-state index is 12.7. The van der Waals surface area contributed by atoms with Gasteiger partial charge in [0.1, 0.15) is 5.75 Å². The lowest BCUT2D eigenvalue weighted by molar-refractivity contribution is -0.136. The van der Waals surface area contributed by atoms with E-state index >= 15 is 0 Å². The van der Waals surface area contributed by atoms with Crippen LogP contribution >= 0.6 is 0 Å². The number of ether oxygens (including phenoxy) is 1. The number of nitrogens with one attached hydrogen (secondary N) is 3. The average Bonchev–Trinajstić information content (AvgIpc) is 2.81. The molecule has 1 aliphatic rings. The number of hydrogen-bond donors (Lipinski definition) is 3. The van der Waals surface area contributed by atoms with Crippen molar-refractivity contribution < 1.29 is 19.1 Å². The first-order valence-corrected chi connectivity index (χ1v) is 10.8. The molecule has 3 rings (SSSR count). The fourth-order valence-electron chi connectivity index (χ4n) is 3.51. The van der Waals surface area contributed by atoms with E-state index < -0.39 is 11.8 Å². The topological polar surface area (TPSA) is 109 Å². The minimum absolute atomic E-state index is 0.139. The summed E-state index contributed by atoms with van der Waals surface area (Å²) in [5, 5.41) is 9.32. The number of nitrogens with zero attached hydrogens (tertiary/aromatic N) is 1. The Morgan fingerprint density at radius 3 is 2.44 bits per heavy atom. The van der Waals surface area contributed by atoms with E-state index in [9.17, 15) is 14.4 Å². The van der Waals surface area contributed by atoms with Gasteiger partial charge in [-0.2, -0.15) is 5.10 Å². The monoisotopic (exact) mass is 436 g/mol. The maximum absolute atomic E-state index is 12.7. The number of hydrazone groups is 1. The fourth-order valence-corrected chi connectivity index (χ4v) is 3.51. The summed E-state index contributed by atoms with van der Waals surface area (Å²) in [5.74, 6) is -1.37. The van der Waals surface area contributed by atoms with E-state index in [0.717, 1.165) is 37.0 Å². The van der Waals surface area contributed by atoms with Crippen molar-refractivity contribution in [2.45, 2.75) is 45.1 Å². The SMILES string of the molecule is CCOc1ccc(/C=N/NC(=O)C(=O)Nc2ccccc2C(=O)NC2CCCCC2)cc1. The molecule has 3 amide bonds. The number of rotatable bonds is 7. The van der Waals surface area contributed by atoms with Gasteiger partial charge in [-0.1, -0.05) is 31.4 Å². The standard InChI is InChI=1S/C24H28N4O4/c1-2-32-19-14-12-17(13-15-19)16-25-28-24(31)23(30)27-21-11-7-6-10-20(21)22(29)26-18-8-4-3-5-9-18/h6-7,10-16,18H,2-5,8-9H2,1H3,(H,26,29)(H,27,30)(H,28,31)/b25-16+. The van der Waals surface area contributed by atoms with Gasteiger partial charge >= 0.3 is 11.8 Å². The summed E-state index contributed by atoms with van der Waals surface area (Å²) in [6.45, 7) is 2.47. The first kappa shape index (κ1) is 23.0. The van der Waals surface area contributed by atoms with Crippen LogP contribution in [0.4, 0.5) is 5.69 Å². The second kappa shape index (κ2) is 11.6. The van der Waals surface area contributed by atoms with Gasteiger partial charge in [-0.15, -0.1) is 0 Å². The van der Waals surface area contributed by atoms with Gasteiger partial charge in [0.2, 0.25) is 0 Å². The van der Waals surface area contributed by atoms with Gasteiger partial charge in [-0.25, -0.2) is 5.43 Å². The van der Waals surface area contributed by atoms with Crippen LogP contribution in [0, 0.1) is 0 Å². The Morgan fingerprint density at radius 2 is 1.72 bits per heavy atom. The number of anilines is 1. The molecule has 1 fully saturated rings. The zero-order valence-corrected chi connectivity index (χ0v) is 18.1. The van der Waals surface area contributed by atoms with Crippen LogP contribution in [0.1, 0.15) is 54.9 Å². The van der Waals surface area contributed by atoms with Crippen LogP contribution in [-0.2, 0) is 9.59 Å². The maximum Gasteiger partial charge on any atom is 0.329 e. The third-order valence-corrected chi connectivity index (χ3v) is 5.14. The van der Waals surface area contributed by atoms with Crippen molar-refractivity contribution in [1.82, 2.24) is 10.7 Å². The highest BCUT2D eigenvalue weighted by Crippen LogP contribution is 2.20. The molecule has 0 unspecified atom stereocenters. The molecule has 0 bridgehead atoms. The molecule has 8 heteroatoms. The predicted octanol–water partition coefficient (Wildman–Crippen LogP) is 3.24. The Balaban J connectivity index is 1.55. The smallest absolute Gasteiger partial charge is 0.329 e. The van der Waals surface area contributed by atoms with Crippen molar-refractivity contribution in [2.24, 2.45) is 5.10 Å². The average molecular weight is 437 g/mol. The minimum Gasteiger partial charge on any atom is -0.494 e. The molecule has 3 N–H and O–H groups in total. The van der Waals surface area contributed by atoms with E-state index in [1.807, 2.05) is 6.92 Å². The number of carbonyl (C=O) groups excluding carboxylic acids is 3. The number of para-hydroxylation sites is 1. The van der Waals surface area contributed by atoms with E-state index in [-0.39, 0.29) is 17.6 Å². The highest BCUT2D eigenvalue weighted by molar-refractivity contribution is 6.40. The molecule has 0 heterocycles. The number of benzene rings is 2. The number of carbonyl (C=O) groups is 3. The van der Waals surface area contributed by atoms with Gasteiger partial charge in [-0.3, -0.25) is 14.4 Å². The third kappa shape index (κ3) is 6.66. The lowest BCUT2D eigenvalue weighted by Crippen LogP contribution is -2.37. The second-order valence-corrected chi connectivity index (χ2v) is 7.51. The lowest BCUT2D eigenvalue weighted by Gasteiger charge is -2.23. The Labute approximate surface area is 187 Å². The Hall–Kier alpha value is -3.68. The van der Waals surface area contributed by atoms with Gasteiger partial charge in [0.25, 0.3) is 5.91 Å². The van der Waals surface area contributed by atoms with Crippen LogP contribution in [0.5, 0.6) is 5.75 Å². The van der Waals surface area contributed by atoms with Gasteiger partial charge in [0.15, 0.2) is 0 Å². The van der Waals surface area contributed by atoms with Gasteiger partial charge in [0.05, 0.1) is 24.1 Å². The molecule has 1 aliphatic carbocycles. The molecule has 2 aromatic carbocycles. The molecule has 0 aromatic heterocycles. The summed E-state index contributed by atoms with van der Waals surface area (Å²) in [4.78, 5) is 37.1. The zero-order valence-electron chi connectivity index (χ0n) is 18.1. The van der Waals surface area contributed by atoms with Crippen LogP contribution in [-0.4, -0.2) is 36.6 Å². The molecule has 0 atom stereocenters. The summed E-state index contributed by atoms with van der Waals surface area (Å²) in [5.41, 5.74) is 3.52. The molecule has 168 valence electrons. The van der Waals surface area contributed by atoms with Crippen molar-refractivity contribution >= 4 is 29.6 Å². The number of hydrogen-bond acceptors (Lipinski definition) is 5. The molecule has 0 aliphatic heterocycles. The first-order valence-electron chi connectivity index (χ1n) is 10.8. The summed E-state index contributed by atoms with van der Waals surface area (Å²) < 4.78 is 5.36. The molecular formula is C24H28N4O4. The van der Waals surface area contributed by atoms with Crippen LogP contribution in [0.3, 0.4) is 0 Å². The van der Waals surface area contributed by atoms with E-state index in [4.69, 9.17) is 4.74 Å². The number of amides is 3. The summed E-state index contributed by atoms with van der Waals surface area (Å²) in [6, 6.07) is 13.9. The Bertz CT molecular complexity index is 966. The largest absolute Gasteiger partial charge is 0.494 e. The van der Waals surface area contributed by atoms with E-state index in [0.29, 0.717) is 12.2 Å². The fraction of sp³-hybridized carbons (Fsp3) is 0.333. The first-order chi connectivity index (χ1) is 15.6. The Morgan fingerprint density at radius 1 is 1.00 bits per heavy atom. The summed E-state index contributed by atoms with van der Waals surface area (Å²) >= 11 is 0. The normalized spacial score (nSPS) is 14.0. The summed E-state index contributed by atoms with van der Waals surface area (Å²) in [7, 11) is 0. The van der Waals surface area contributed by atoms with Crippen molar-refractivity contribution in [3.05, 3.63) is 59.7 Å². The molecule has 8 nitrogen and oxygen atoms in total. The van der Waals surface area contributed by atoms with Crippen LogP contribution in [0.25, 0.3) is 0 Å². The van der Waals surface area contributed by atoms with E-state index in [1.165, 1.54) is 12.6 Å². The van der Waals surface area contributed by atoms with Crippen LogP contribution in [0.15, 0.2) is 53.6 Å². The van der Waals surface area contributed by atoms with Crippen LogP contribution < -0.4 is 20.8 Å². The second-order valence-electron chi connectivity index (χ2n) is 7.51. The molecule has 1 saturated carbocycles. The molecule has 0 radical (unpaired) electrons. The highest BCUT2D eigenvalue weighted by atomic mass is 16.5. The third-order valence-electron chi connectivity index (χ3n) is 5.14. The lowest BCUT2D eigenvalue weighted by atomic mass is 9.95. The van der Waals surface area contributed by atoms with Gasteiger partial charge < -0.3 is 15.4 Å². The van der Waals surface area contributed by atoms with Gasteiger partial charge in [-0.05, 0) is 61.7 Å². The van der Waals surface area contributed by atoms with E-state index in [2.05, 4.69) is 21.2 Å². The van der Waals surface area contributed by atoms with Crippen LogP contribution in [0.2, 0.25) is 0 Å². The van der Waals surface area contributed by atoms with Crippen molar-refractivity contribution in [3.8, 4) is 5.75 Å². The molecule has 2 aromatic rings. The Kier molecular flexibility index (Phi) is 8.36. The molecule has 32 heavy (non-hydrogen) atoms. The predicted molar refractivity (Wildman–Crippen MR) is 123 cm³/mol. The minimum atomic E-state index is -0.935. The van der Waals surface area contributed by atoms with Crippen molar-refractivity contribution in [1.29, 1.82) is 0 Å². The van der Waals surface area contributed by atoms with Gasteiger partial charge in [0, 0.05) is 6.04 Å². The van der Waals surface area contributed by atoms with E-state index in [1.54, 1.807) is 48.5 Å². The zero-order chi connectivity index (χ0) is 22.8. The highest BCUT2D eigenvalue weighted by Gasteiger charge is 2.20. The summed E-state index contributed by atoms with van der Waals surface area (Å²) in [6.07, 6.45) is 6.72. The quantitative estimate of drug-likeness (QED) is 0.352. The van der Waals surface area contributed by atoms with Crippen molar-refractivity contribution in [3.63, 3.8) is 0 Å². The molecule has 0 spiro atoms. The molecule has 0 saturated heterocycles. The molecular weight excluding hydrogens is 408 g/mol. The van der Waals surface area contributed by atoms with Crippen molar-refractivity contribution in [2.75, 3.05) is 11.9 Å².